The van der Waals surface area contributed by atoms with Gasteiger partial charge in [0.05, 0.1) is 5.69 Å². The Morgan fingerprint density at radius 1 is 1.17 bits per heavy atom. The number of para-hydroxylation sites is 1. The van der Waals surface area contributed by atoms with E-state index in [1.165, 1.54) is 0 Å². The normalized spacial score (nSPS) is 14.6. The van der Waals surface area contributed by atoms with Crippen LogP contribution in [0.25, 0.3) is 0 Å². The van der Waals surface area contributed by atoms with E-state index in [9.17, 15) is 4.79 Å². The summed E-state index contributed by atoms with van der Waals surface area (Å²) < 4.78 is 0.984. The first-order chi connectivity index (χ1) is 11.5. The number of carbonyl (C=O) groups excluding carboxylic acids is 1. The van der Waals surface area contributed by atoms with Crippen molar-refractivity contribution in [3.63, 3.8) is 0 Å². The number of anilines is 3. The number of nitrogens with one attached hydrogen (secondary N) is 1. The number of halogens is 1. The Bertz CT molecular complexity index is 744. The van der Waals surface area contributed by atoms with Crippen molar-refractivity contribution in [3.8, 4) is 0 Å². The molecule has 0 unspecified atom stereocenters. The number of hydrogen-bond acceptors (Lipinski definition) is 5. The molecule has 2 aromatic rings. The average Bonchev–Trinajstić information content (AvgIpc) is 2.56. The fourth-order valence-corrected chi connectivity index (χ4v) is 3.11. The molecule has 1 aromatic heterocycles. The molecule has 1 saturated heterocycles. The summed E-state index contributed by atoms with van der Waals surface area (Å²) >= 11 is 3.53. The second kappa shape index (κ2) is 7.17. The predicted octanol–water partition coefficient (Wildman–Crippen LogP) is 2.96. The zero-order chi connectivity index (χ0) is 17.1. The third-order valence-corrected chi connectivity index (χ3v) is 4.70. The summed E-state index contributed by atoms with van der Waals surface area (Å²) in [4.78, 5) is 24.5. The number of aromatic nitrogens is 2. The van der Waals surface area contributed by atoms with E-state index in [0.29, 0.717) is 0 Å². The number of amides is 1. The van der Waals surface area contributed by atoms with Gasteiger partial charge >= 0.3 is 0 Å². The van der Waals surface area contributed by atoms with Gasteiger partial charge in [-0.25, -0.2) is 9.97 Å². The van der Waals surface area contributed by atoms with Crippen molar-refractivity contribution in [2.45, 2.75) is 13.8 Å². The van der Waals surface area contributed by atoms with Gasteiger partial charge in [-0.15, -0.1) is 0 Å². The van der Waals surface area contributed by atoms with Gasteiger partial charge < -0.3 is 15.1 Å². The molecule has 0 saturated carbocycles. The van der Waals surface area contributed by atoms with E-state index in [4.69, 9.17) is 0 Å². The van der Waals surface area contributed by atoms with Crippen LogP contribution in [0.1, 0.15) is 12.7 Å². The van der Waals surface area contributed by atoms with Gasteiger partial charge in [0, 0.05) is 43.6 Å². The molecule has 0 radical (unpaired) electrons. The molecule has 0 aliphatic carbocycles. The average molecular weight is 390 g/mol. The van der Waals surface area contributed by atoms with Gasteiger partial charge in [0.25, 0.3) is 0 Å². The van der Waals surface area contributed by atoms with Gasteiger partial charge in [0.2, 0.25) is 5.91 Å². The highest BCUT2D eigenvalue weighted by Crippen LogP contribution is 2.26. The fraction of sp³-hybridized carbons (Fsp3) is 0.353. The van der Waals surface area contributed by atoms with Crippen molar-refractivity contribution >= 4 is 39.2 Å². The lowest BCUT2D eigenvalue weighted by Crippen LogP contribution is -2.48. The summed E-state index contributed by atoms with van der Waals surface area (Å²) in [5.41, 5.74) is 0.961. The Hall–Kier alpha value is -2.15. The van der Waals surface area contributed by atoms with Crippen molar-refractivity contribution in [3.05, 3.63) is 40.6 Å². The Kier molecular flexibility index (Phi) is 4.99. The molecule has 126 valence electrons. The molecule has 24 heavy (non-hydrogen) atoms. The van der Waals surface area contributed by atoms with E-state index in [0.717, 1.165) is 53.8 Å². The van der Waals surface area contributed by atoms with Crippen LogP contribution in [0.3, 0.4) is 0 Å². The molecule has 6 nitrogen and oxygen atoms in total. The van der Waals surface area contributed by atoms with E-state index in [-0.39, 0.29) is 5.91 Å². The molecule has 0 spiro atoms. The number of nitrogens with zero attached hydrogens (tertiary/aromatic N) is 4. The van der Waals surface area contributed by atoms with Gasteiger partial charge in [0.15, 0.2) is 0 Å². The molecule has 1 amide bonds. The lowest BCUT2D eigenvalue weighted by atomic mass is 10.3. The number of benzene rings is 1. The van der Waals surface area contributed by atoms with Crippen molar-refractivity contribution in [2.75, 3.05) is 36.4 Å². The summed E-state index contributed by atoms with van der Waals surface area (Å²) in [5.74, 6) is 2.50. The summed E-state index contributed by atoms with van der Waals surface area (Å²) in [6, 6.07) is 9.88. The smallest absolute Gasteiger partial charge is 0.219 e. The maximum atomic E-state index is 11.5. The Balaban J connectivity index is 1.77. The zero-order valence-electron chi connectivity index (χ0n) is 13.8. The molecule has 3 rings (SSSR count). The SMILES string of the molecule is CC(=O)N1CCN(c2cc(Nc3ccccc3Br)nc(C)n2)CC1. The number of rotatable bonds is 3. The lowest BCUT2D eigenvalue weighted by molar-refractivity contribution is -0.129. The Labute approximate surface area is 150 Å². The van der Waals surface area contributed by atoms with Crippen LogP contribution in [0.4, 0.5) is 17.3 Å². The number of carbonyl (C=O) groups is 1. The van der Waals surface area contributed by atoms with E-state index >= 15 is 0 Å². The number of aryl methyl sites for hydroxylation is 1. The molecule has 7 heteroatoms. The van der Waals surface area contributed by atoms with E-state index < -0.39 is 0 Å². The zero-order valence-corrected chi connectivity index (χ0v) is 15.4. The summed E-state index contributed by atoms with van der Waals surface area (Å²) in [6.45, 7) is 6.52. The second-order valence-corrected chi connectivity index (χ2v) is 6.61. The first kappa shape index (κ1) is 16.7. The third kappa shape index (κ3) is 3.84. The van der Waals surface area contributed by atoms with Crippen molar-refractivity contribution in [1.82, 2.24) is 14.9 Å². The van der Waals surface area contributed by atoms with Crippen molar-refractivity contribution in [2.24, 2.45) is 0 Å². The highest BCUT2D eigenvalue weighted by Gasteiger charge is 2.20. The molecular formula is C17H20BrN5O. The van der Waals surface area contributed by atoms with E-state index in [2.05, 4.69) is 36.1 Å². The molecule has 1 aliphatic rings. The molecule has 1 fully saturated rings. The minimum atomic E-state index is 0.129. The highest BCUT2D eigenvalue weighted by atomic mass is 79.9. The van der Waals surface area contributed by atoms with Gasteiger partial charge in [-0.2, -0.15) is 0 Å². The Morgan fingerprint density at radius 2 is 1.88 bits per heavy atom. The monoisotopic (exact) mass is 389 g/mol. The van der Waals surface area contributed by atoms with Crippen LogP contribution < -0.4 is 10.2 Å². The van der Waals surface area contributed by atoms with Gasteiger partial charge in [-0.3, -0.25) is 4.79 Å². The summed E-state index contributed by atoms with van der Waals surface area (Å²) in [5, 5.41) is 3.33. The molecule has 1 N–H and O–H groups in total. The lowest BCUT2D eigenvalue weighted by Gasteiger charge is -2.35. The van der Waals surface area contributed by atoms with E-state index in [1.807, 2.05) is 42.2 Å². The maximum absolute atomic E-state index is 11.5. The van der Waals surface area contributed by atoms with Gasteiger partial charge in [-0.05, 0) is 35.0 Å². The minimum Gasteiger partial charge on any atom is -0.353 e. The van der Waals surface area contributed by atoms with Gasteiger partial charge in [-0.1, -0.05) is 12.1 Å². The van der Waals surface area contributed by atoms with Crippen LogP contribution in [-0.4, -0.2) is 47.0 Å². The molecule has 0 bridgehead atoms. The topological polar surface area (TPSA) is 61.4 Å². The number of piperazine rings is 1. The fourth-order valence-electron chi connectivity index (χ4n) is 2.73. The third-order valence-electron chi connectivity index (χ3n) is 4.01. The largest absolute Gasteiger partial charge is 0.353 e. The highest BCUT2D eigenvalue weighted by molar-refractivity contribution is 9.10. The van der Waals surface area contributed by atoms with E-state index in [1.54, 1.807) is 6.92 Å². The minimum absolute atomic E-state index is 0.129. The molecule has 1 aromatic carbocycles. The maximum Gasteiger partial charge on any atom is 0.219 e. The van der Waals surface area contributed by atoms with Crippen molar-refractivity contribution < 1.29 is 4.79 Å². The molecule has 1 aliphatic heterocycles. The first-order valence-corrected chi connectivity index (χ1v) is 8.70. The van der Waals surface area contributed by atoms with Crippen LogP contribution in [0.5, 0.6) is 0 Å². The molecule has 0 atom stereocenters. The molecular weight excluding hydrogens is 370 g/mol. The summed E-state index contributed by atoms with van der Waals surface area (Å²) in [7, 11) is 0. The molecule has 2 heterocycles. The van der Waals surface area contributed by atoms with Crippen LogP contribution in [0.15, 0.2) is 34.8 Å². The predicted molar refractivity (Wildman–Crippen MR) is 98.7 cm³/mol. The quantitative estimate of drug-likeness (QED) is 0.873. The van der Waals surface area contributed by atoms with Crippen LogP contribution in [0, 0.1) is 6.92 Å². The summed E-state index contributed by atoms with van der Waals surface area (Å²) in [6.07, 6.45) is 0. The first-order valence-electron chi connectivity index (χ1n) is 7.90. The van der Waals surface area contributed by atoms with Crippen LogP contribution >= 0.6 is 15.9 Å². The number of hydrogen-bond donors (Lipinski definition) is 1. The standard InChI is InChI=1S/C17H20BrN5O/c1-12-19-16(21-15-6-4-3-5-14(15)18)11-17(20-12)23-9-7-22(8-10-23)13(2)24/h3-6,11H,7-10H2,1-2H3,(H,19,20,21). The van der Waals surface area contributed by atoms with Crippen molar-refractivity contribution in [1.29, 1.82) is 0 Å². The Morgan fingerprint density at radius 3 is 2.54 bits per heavy atom. The van der Waals surface area contributed by atoms with Crippen LogP contribution in [-0.2, 0) is 4.79 Å². The second-order valence-electron chi connectivity index (χ2n) is 5.76. The van der Waals surface area contributed by atoms with Crippen LogP contribution in [0.2, 0.25) is 0 Å². The van der Waals surface area contributed by atoms with Gasteiger partial charge in [0.1, 0.15) is 17.5 Å².